The van der Waals surface area contributed by atoms with Crippen LogP contribution in [0.3, 0.4) is 0 Å². The molecule has 0 aromatic carbocycles. The predicted octanol–water partition coefficient (Wildman–Crippen LogP) is 1.85. The highest BCUT2D eigenvalue weighted by molar-refractivity contribution is 6.25. The number of fused-ring (bicyclic) bond motifs is 1. The number of ketones is 1. The molecule has 0 saturated carbocycles. The van der Waals surface area contributed by atoms with Gasteiger partial charge in [-0.3, -0.25) is 4.79 Å². The first-order chi connectivity index (χ1) is 12.6. The summed E-state index contributed by atoms with van der Waals surface area (Å²) in [5, 5.41) is 9.24. The molecule has 0 bridgehead atoms. The van der Waals surface area contributed by atoms with Crippen molar-refractivity contribution in [3.05, 3.63) is 58.6 Å². The first kappa shape index (κ1) is 15.4. The number of Topliss-reactive ketones (excluding diaryl/α,β-unsaturated/α-hetero) is 1. The number of hydrogen-bond donors (Lipinski definition) is 1. The van der Waals surface area contributed by atoms with Gasteiger partial charge in [0.25, 0.3) is 0 Å². The van der Waals surface area contributed by atoms with Crippen LogP contribution in [0.2, 0.25) is 0 Å². The maximum Gasteiger partial charge on any atom is 0.339 e. The van der Waals surface area contributed by atoms with E-state index in [2.05, 4.69) is 0 Å². The molecule has 7 heteroatoms. The van der Waals surface area contributed by atoms with Crippen molar-refractivity contribution in [2.75, 3.05) is 19.6 Å². The molecule has 1 unspecified atom stereocenters. The second kappa shape index (κ2) is 5.33. The Morgan fingerprint density at radius 2 is 2.08 bits per heavy atom. The third kappa shape index (κ3) is 1.97. The number of hydrogen-bond acceptors (Lipinski definition) is 5. The Morgan fingerprint density at radius 1 is 1.31 bits per heavy atom. The van der Waals surface area contributed by atoms with Crippen molar-refractivity contribution in [3.8, 4) is 0 Å². The van der Waals surface area contributed by atoms with Crippen LogP contribution in [0.5, 0.6) is 0 Å². The molecule has 2 atom stereocenters. The minimum Gasteiger partial charge on any atom is -0.478 e. The molecule has 134 valence electrons. The van der Waals surface area contributed by atoms with E-state index in [1.54, 1.807) is 0 Å². The highest BCUT2D eigenvalue weighted by Crippen LogP contribution is 2.46. The zero-order valence-corrected chi connectivity index (χ0v) is 13.9. The van der Waals surface area contributed by atoms with Crippen molar-refractivity contribution in [3.63, 3.8) is 0 Å². The van der Waals surface area contributed by atoms with E-state index in [9.17, 15) is 14.7 Å². The van der Waals surface area contributed by atoms with E-state index < -0.39 is 17.6 Å². The van der Waals surface area contributed by atoms with Crippen LogP contribution in [0, 0.1) is 5.92 Å². The normalized spacial score (nSPS) is 29.5. The second-order valence-corrected chi connectivity index (χ2v) is 7.04. The molecule has 2 aliphatic carbocycles. The fraction of sp³-hybridized carbons (Fsp3) is 0.368. The summed E-state index contributed by atoms with van der Waals surface area (Å²) in [6.45, 7) is 2.08. The molecule has 1 N–H and O–H groups in total. The van der Waals surface area contributed by atoms with Gasteiger partial charge in [-0.15, -0.1) is 0 Å². The lowest BCUT2D eigenvalue weighted by atomic mass is 9.86. The first-order valence-corrected chi connectivity index (χ1v) is 8.78. The molecule has 3 heterocycles. The number of nitrogens with zero attached hydrogens (tertiary/aromatic N) is 2. The lowest BCUT2D eigenvalue weighted by Gasteiger charge is -2.45. The SMILES string of the molecule is O=C(O)C1=CC2=C(OC3=C(F)C(N4CCCC4)=CC4C=CCN2[C@H]34)C1=O. The molecule has 1 fully saturated rings. The molecule has 3 aliphatic heterocycles. The largest absolute Gasteiger partial charge is 0.478 e. The third-order valence-corrected chi connectivity index (χ3v) is 5.58. The van der Waals surface area contributed by atoms with Crippen LogP contribution in [0.15, 0.2) is 58.6 Å². The minimum atomic E-state index is -1.30. The smallest absolute Gasteiger partial charge is 0.339 e. The van der Waals surface area contributed by atoms with Crippen LogP contribution in [-0.2, 0) is 14.3 Å². The monoisotopic (exact) mass is 356 g/mol. The zero-order chi connectivity index (χ0) is 18.0. The summed E-state index contributed by atoms with van der Waals surface area (Å²) in [6.07, 6.45) is 9.30. The Bertz CT molecular complexity index is 889. The van der Waals surface area contributed by atoms with E-state index >= 15 is 4.39 Å². The van der Waals surface area contributed by atoms with Crippen molar-refractivity contribution >= 4 is 11.8 Å². The number of likely N-dealkylation sites (tertiary alicyclic amines) is 1. The maximum absolute atomic E-state index is 15.3. The third-order valence-electron chi connectivity index (χ3n) is 5.58. The van der Waals surface area contributed by atoms with Gasteiger partial charge in [0.1, 0.15) is 11.6 Å². The van der Waals surface area contributed by atoms with Crippen LogP contribution in [0.1, 0.15) is 12.8 Å². The number of ether oxygens (including phenoxy) is 1. The molecule has 0 amide bonds. The van der Waals surface area contributed by atoms with E-state index in [1.807, 2.05) is 28.0 Å². The zero-order valence-electron chi connectivity index (χ0n) is 13.9. The predicted molar refractivity (Wildman–Crippen MR) is 89.0 cm³/mol. The number of carboxylic acids is 1. The highest BCUT2D eigenvalue weighted by atomic mass is 19.1. The van der Waals surface area contributed by atoms with Gasteiger partial charge in [-0.2, -0.15) is 0 Å². The number of aliphatic carboxylic acids is 1. The second-order valence-electron chi connectivity index (χ2n) is 7.04. The fourth-order valence-corrected chi connectivity index (χ4v) is 4.38. The van der Waals surface area contributed by atoms with Gasteiger partial charge in [0.2, 0.25) is 5.78 Å². The molecule has 5 rings (SSSR count). The number of carbonyl (C=O) groups excluding carboxylic acids is 1. The van der Waals surface area contributed by atoms with Crippen LogP contribution in [-0.4, -0.2) is 52.3 Å². The van der Waals surface area contributed by atoms with E-state index in [4.69, 9.17) is 4.74 Å². The number of halogens is 1. The van der Waals surface area contributed by atoms with Gasteiger partial charge >= 0.3 is 5.97 Å². The van der Waals surface area contributed by atoms with Crippen molar-refractivity contribution in [2.45, 2.75) is 18.9 Å². The number of rotatable bonds is 2. The molecule has 0 aromatic rings. The average molecular weight is 356 g/mol. The number of carbonyl (C=O) groups is 2. The van der Waals surface area contributed by atoms with Crippen LogP contribution in [0.4, 0.5) is 4.39 Å². The molecular formula is C19H17FN2O4. The molecule has 26 heavy (non-hydrogen) atoms. The van der Waals surface area contributed by atoms with Crippen molar-refractivity contribution in [2.24, 2.45) is 5.92 Å². The standard InChI is InChI=1S/C19H17FN2O4/c20-14-12(21-5-1-2-6-21)8-10-4-3-7-22-13-9-11(19(24)25)16(23)17(13)26-18(14)15(10)22/h3-4,8-10,15H,1-2,5-7H2,(H,24,25)/t10?,15-/m0/s1. The Kier molecular flexibility index (Phi) is 3.16. The lowest BCUT2D eigenvalue weighted by molar-refractivity contribution is -0.134. The van der Waals surface area contributed by atoms with Crippen molar-refractivity contribution < 1.29 is 23.8 Å². The van der Waals surface area contributed by atoms with Crippen LogP contribution < -0.4 is 0 Å². The van der Waals surface area contributed by atoms with Gasteiger partial charge in [-0.1, -0.05) is 12.2 Å². The molecule has 5 aliphatic rings. The van der Waals surface area contributed by atoms with E-state index in [1.165, 1.54) is 6.08 Å². The van der Waals surface area contributed by atoms with Gasteiger partial charge in [0, 0.05) is 25.6 Å². The first-order valence-electron chi connectivity index (χ1n) is 8.78. The van der Waals surface area contributed by atoms with Gasteiger partial charge in [0.15, 0.2) is 17.3 Å². The summed E-state index contributed by atoms with van der Waals surface area (Å²) in [6, 6.07) is -0.387. The summed E-state index contributed by atoms with van der Waals surface area (Å²) < 4.78 is 21.0. The quantitative estimate of drug-likeness (QED) is 0.602. The summed E-state index contributed by atoms with van der Waals surface area (Å²) in [7, 11) is 0. The molecule has 0 radical (unpaired) electrons. The lowest BCUT2D eigenvalue weighted by Crippen LogP contribution is -2.48. The number of allylic oxidation sites excluding steroid dienone is 3. The summed E-state index contributed by atoms with van der Waals surface area (Å²) in [4.78, 5) is 27.6. The van der Waals surface area contributed by atoms with Gasteiger partial charge < -0.3 is 19.6 Å². The van der Waals surface area contributed by atoms with Gasteiger partial charge in [0.05, 0.1) is 11.4 Å². The Balaban J connectivity index is 1.61. The summed E-state index contributed by atoms with van der Waals surface area (Å²) in [5.41, 5.74) is 0.612. The molecule has 0 spiro atoms. The molecule has 6 nitrogen and oxygen atoms in total. The molecule has 1 saturated heterocycles. The fourth-order valence-electron chi connectivity index (χ4n) is 4.38. The van der Waals surface area contributed by atoms with Gasteiger partial charge in [-0.25, -0.2) is 9.18 Å². The minimum absolute atomic E-state index is 0.0829. The average Bonchev–Trinajstić information content (AvgIpc) is 3.26. The molecular weight excluding hydrogens is 339 g/mol. The Hall–Kier alpha value is -2.83. The van der Waals surface area contributed by atoms with Gasteiger partial charge in [-0.05, 0) is 25.0 Å². The summed E-state index contributed by atoms with van der Waals surface area (Å²) >= 11 is 0. The van der Waals surface area contributed by atoms with Crippen molar-refractivity contribution in [1.82, 2.24) is 9.80 Å². The Morgan fingerprint density at radius 3 is 2.81 bits per heavy atom. The topological polar surface area (TPSA) is 70.1 Å². The Labute approximate surface area is 149 Å². The van der Waals surface area contributed by atoms with E-state index in [0.717, 1.165) is 25.9 Å². The summed E-state index contributed by atoms with van der Waals surface area (Å²) in [5.74, 6) is -2.49. The van der Waals surface area contributed by atoms with Crippen molar-refractivity contribution in [1.29, 1.82) is 0 Å². The van der Waals surface area contributed by atoms with E-state index in [0.29, 0.717) is 17.9 Å². The van der Waals surface area contributed by atoms with Crippen LogP contribution in [0.25, 0.3) is 0 Å². The highest BCUT2D eigenvalue weighted by Gasteiger charge is 2.48. The maximum atomic E-state index is 15.3. The van der Waals surface area contributed by atoms with E-state index in [-0.39, 0.29) is 29.1 Å². The number of carboxylic acid groups (broad SMARTS) is 1. The molecule has 0 aromatic heterocycles. The van der Waals surface area contributed by atoms with Crippen LogP contribution >= 0.6 is 0 Å².